The number of carbonyl (C=O) groups is 1. The molecule has 1 heterocycles. The van der Waals surface area contributed by atoms with Gasteiger partial charge in [0.2, 0.25) is 5.91 Å². The molecule has 2 N–H and O–H groups in total. The van der Waals surface area contributed by atoms with Crippen molar-refractivity contribution in [2.75, 3.05) is 0 Å². The van der Waals surface area contributed by atoms with Crippen molar-refractivity contribution in [1.29, 1.82) is 0 Å². The summed E-state index contributed by atoms with van der Waals surface area (Å²) >= 11 is 0. The Bertz CT molecular complexity index is 917. The molecule has 0 fully saturated rings. The number of amides is 1. The molecule has 2 aromatic carbocycles. The van der Waals surface area contributed by atoms with Gasteiger partial charge in [0.15, 0.2) is 0 Å². The zero-order valence-corrected chi connectivity index (χ0v) is 15.7. The molecular formula is C22H24N4O. The fraction of sp³-hybridized carbons (Fsp3) is 0.318. The van der Waals surface area contributed by atoms with E-state index in [2.05, 4.69) is 71.0 Å². The zero-order valence-electron chi connectivity index (χ0n) is 15.7. The first-order valence-electron chi connectivity index (χ1n) is 9.45. The highest BCUT2D eigenvalue weighted by Gasteiger charge is 2.31. The molecule has 0 saturated carbocycles. The molecular weight excluding hydrogens is 336 g/mol. The molecule has 138 valence electrons. The minimum atomic E-state index is -0.246. The minimum Gasteiger partial charge on any atom is -0.345 e. The number of rotatable bonds is 4. The Hall–Kier alpha value is -2.95. The first-order valence-corrected chi connectivity index (χ1v) is 9.45. The number of benzene rings is 2. The van der Waals surface area contributed by atoms with Gasteiger partial charge in [-0.3, -0.25) is 4.79 Å². The average molecular weight is 360 g/mol. The molecule has 4 rings (SSSR count). The number of nitrogens with one attached hydrogen (secondary N) is 2. The van der Waals surface area contributed by atoms with Gasteiger partial charge in [0, 0.05) is 0 Å². The van der Waals surface area contributed by atoms with E-state index in [1.54, 1.807) is 0 Å². The third kappa shape index (κ3) is 3.63. The number of aromatic nitrogens is 3. The van der Waals surface area contributed by atoms with Crippen LogP contribution in [0.3, 0.4) is 0 Å². The van der Waals surface area contributed by atoms with Crippen molar-refractivity contribution in [3.05, 3.63) is 82.2 Å². The van der Waals surface area contributed by atoms with Gasteiger partial charge in [0.1, 0.15) is 0 Å². The summed E-state index contributed by atoms with van der Waals surface area (Å²) in [4.78, 5) is 13.2. The quantitative estimate of drug-likeness (QED) is 0.744. The van der Waals surface area contributed by atoms with Crippen LogP contribution in [0.2, 0.25) is 0 Å². The summed E-state index contributed by atoms with van der Waals surface area (Å²) < 4.78 is 0. The van der Waals surface area contributed by atoms with Crippen LogP contribution in [0.15, 0.2) is 48.5 Å². The van der Waals surface area contributed by atoms with Gasteiger partial charge in [-0.2, -0.15) is 15.4 Å². The van der Waals surface area contributed by atoms with Crippen LogP contribution in [0.25, 0.3) is 0 Å². The lowest BCUT2D eigenvalue weighted by molar-refractivity contribution is -0.123. The maximum atomic E-state index is 13.2. The molecule has 1 unspecified atom stereocenters. The summed E-state index contributed by atoms with van der Waals surface area (Å²) in [7, 11) is 0. The van der Waals surface area contributed by atoms with E-state index in [-0.39, 0.29) is 17.9 Å². The van der Waals surface area contributed by atoms with E-state index in [0.717, 1.165) is 41.8 Å². The molecule has 0 aliphatic heterocycles. The molecule has 27 heavy (non-hydrogen) atoms. The van der Waals surface area contributed by atoms with Gasteiger partial charge in [-0.05, 0) is 44.2 Å². The van der Waals surface area contributed by atoms with Crippen LogP contribution in [-0.2, 0) is 11.2 Å². The van der Waals surface area contributed by atoms with Crippen LogP contribution in [0.1, 0.15) is 58.4 Å². The lowest BCUT2D eigenvalue weighted by atomic mass is 9.88. The van der Waals surface area contributed by atoms with Crippen molar-refractivity contribution in [2.24, 2.45) is 0 Å². The SMILES string of the molecule is Cc1cccc(C(NC(=O)C2CCCc3n[nH]nc32)c2cccc(C)c2)c1. The van der Waals surface area contributed by atoms with Crippen LogP contribution in [-0.4, -0.2) is 21.3 Å². The molecule has 0 spiro atoms. The fourth-order valence-corrected chi connectivity index (χ4v) is 3.89. The average Bonchev–Trinajstić information content (AvgIpc) is 3.14. The summed E-state index contributed by atoms with van der Waals surface area (Å²) in [5.41, 5.74) is 6.25. The molecule has 1 aliphatic carbocycles. The third-order valence-electron chi connectivity index (χ3n) is 5.24. The second-order valence-corrected chi connectivity index (χ2v) is 7.37. The summed E-state index contributed by atoms with van der Waals surface area (Å²) in [5, 5.41) is 14.4. The van der Waals surface area contributed by atoms with E-state index in [0.29, 0.717) is 0 Å². The zero-order chi connectivity index (χ0) is 18.8. The number of carbonyl (C=O) groups excluding carboxylic acids is 1. The van der Waals surface area contributed by atoms with Crippen LogP contribution in [0.4, 0.5) is 0 Å². The van der Waals surface area contributed by atoms with Gasteiger partial charge in [0.25, 0.3) is 0 Å². The minimum absolute atomic E-state index is 0.0119. The van der Waals surface area contributed by atoms with Crippen molar-refractivity contribution >= 4 is 5.91 Å². The maximum Gasteiger partial charge on any atom is 0.230 e. The van der Waals surface area contributed by atoms with Gasteiger partial charge < -0.3 is 5.32 Å². The highest BCUT2D eigenvalue weighted by molar-refractivity contribution is 5.84. The summed E-state index contributed by atoms with van der Waals surface area (Å²) in [6.07, 6.45) is 2.64. The van der Waals surface area contributed by atoms with Gasteiger partial charge in [-0.25, -0.2) is 0 Å². The Labute approximate surface area is 159 Å². The largest absolute Gasteiger partial charge is 0.345 e. The Balaban J connectivity index is 1.67. The molecule has 1 aliphatic rings. The summed E-state index contributed by atoms with van der Waals surface area (Å²) in [5.74, 6) is -0.234. The molecule has 1 amide bonds. The highest BCUT2D eigenvalue weighted by Crippen LogP contribution is 2.31. The molecule has 1 aromatic heterocycles. The number of H-pyrrole nitrogens is 1. The van der Waals surface area contributed by atoms with Crippen molar-refractivity contribution in [1.82, 2.24) is 20.7 Å². The molecule has 0 saturated heterocycles. The molecule has 0 bridgehead atoms. The lowest BCUT2D eigenvalue weighted by Crippen LogP contribution is -2.35. The van der Waals surface area contributed by atoms with E-state index in [9.17, 15) is 4.79 Å². The first kappa shape index (κ1) is 17.5. The lowest BCUT2D eigenvalue weighted by Gasteiger charge is -2.25. The van der Waals surface area contributed by atoms with Crippen LogP contribution in [0.5, 0.6) is 0 Å². The van der Waals surface area contributed by atoms with Crippen molar-refractivity contribution in [3.63, 3.8) is 0 Å². The van der Waals surface area contributed by atoms with E-state index >= 15 is 0 Å². The van der Waals surface area contributed by atoms with Gasteiger partial charge >= 0.3 is 0 Å². The molecule has 5 heteroatoms. The van der Waals surface area contributed by atoms with E-state index in [1.165, 1.54) is 11.1 Å². The predicted molar refractivity (Wildman–Crippen MR) is 104 cm³/mol. The van der Waals surface area contributed by atoms with E-state index in [4.69, 9.17) is 0 Å². The smallest absolute Gasteiger partial charge is 0.230 e. The van der Waals surface area contributed by atoms with Crippen molar-refractivity contribution in [3.8, 4) is 0 Å². The molecule has 3 aromatic rings. The first-order chi connectivity index (χ1) is 13.1. The fourth-order valence-electron chi connectivity index (χ4n) is 3.89. The Morgan fingerprint density at radius 2 is 1.74 bits per heavy atom. The molecule has 0 radical (unpaired) electrons. The second kappa shape index (κ2) is 7.35. The third-order valence-corrected chi connectivity index (χ3v) is 5.24. The molecule has 5 nitrogen and oxygen atoms in total. The Morgan fingerprint density at radius 1 is 1.07 bits per heavy atom. The van der Waals surface area contributed by atoms with E-state index in [1.807, 2.05) is 12.1 Å². The number of aromatic amines is 1. The second-order valence-electron chi connectivity index (χ2n) is 7.37. The van der Waals surface area contributed by atoms with Gasteiger partial charge in [-0.15, -0.1) is 0 Å². The summed E-state index contributed by atoms with van der Waals surface area (Å²) in [6.45, 7) is 4.14. The van der Waals surface area contributed by atoms with Gasteiger partial charge in [0.05, 0.1) is 23.3 Å². The van der Waals surface area contributed by atoms with Crippen molar-refractivity contribution in [2.45, 2.75) is 45.1 Å². The Morgan fingerprint density at radius 3 is 2.37 bits per heavy atom. The number of aryl methyl sites for hydroxylation is 3. The summed E-state index contributed by atoms with van der Waals surface area (Å²) in [6, 6.07) is 16.4. The van der Waals surface area contributed by atoms with Crippen LogP contribution >= 0.6 is 0 Å². The monoisotopic (exact) mass is 360 g/mol. The molecule has 1 atom stereocenters. The standard InChI is InChI=1S/C22H24N4O/c1-14-6-3-8-16(12-14)20(17-9-4-7-15(2)13-17)23-22(27)18-10-5-11-19-21(18)25-26-24-19/h3-4,6-9,12-13,18,20H,5,10-11H2,1-2H3,(H,23,27)(H,24,25,26). The van der Waals surface area contributed by atoms with Crippen molar-refractivity contribution < 1.29 is 4.79 Å². The maximum absolute atomic E-state index is 13.2. The van der Waals surface area contributed by atoms with Crippen LogP contribution in [0, 0.1) is 13.8 Å². The number of fused-ring (bicyclic) bond motifs is 1. The predicted octanol–water partition coefficient (Wildman–Crippen LogP) is 3.75. The number of hydrogen-bond acceptors (Lipinski definition) is 3. The number of hydrogen-bond donors (Lipinski definition) is 2. The Kier molecular flexibility index (Phi) is 4.75. The topological polar surface area (TPSA) is 70.7 Å². The van der Waals surface area contributed by atoms with Crippen LogP contribution < -0.4 is 5.32 Å². The van der Waals surface area contributed by atoms with E-state index < -0.39 is 0 Å². The van der Waals surface area contributed by atoms with Gasteiger partial charge in [-0.1, -0.05) is 59.7 Å². The normalized spacial score (nSPS) is 16.2. The highest BCUT2D eigenvalue weighted by atomic mass is 16.2. The number of nitrogens with zero attached hydrogens (tertiary/aromatic N) is 2.